The number of carbonyl (C=O) groups is 2. The SMILES string of the molecule is CC(C1=CC(=O)OC1O)N(C)C(=O)Cc1ccccc1. The highest BCUT2D eigenvalue weighted by Gasteiger charge is 2.31. The highest BCUT2D eigenvalue weighted by Crippen LogP contribution is 2.20. The van der Waals surface area contributed by atoms with Crippen LogP contribution in [0.15, 0.2) is 42.0 Å². The first-order valence-corrected chi connectivity index (χ1v) is 6.39. The van der Waals surface area contributed by atoms with Crippen LogP contribution in [0.2, 0.25) is 0 Å². The van der Waals surface area contributed by atoms with Gasteiger partial charge in [0, 0.05) is 18.7 Å². The third-order valence-corrected chi connectivity index (χ3v) is 3.45. The molecule has 0 bridgehead atoms. The quantitative estimate of drug-likeness (QED) is 0.828. The van der Waals surface area contributed by atoms with Gasteiger partial charge in [-0.2, -0.15) is 0 Å². The summed E-state index contributed by atoms with van der Waals surface area (Å²) in [7, 11) is 1.65. The van der Waals surface area contributed by atoms with E-state index in [4.69, 9.17) is 0 Å². The maximum absolute atomic E-state index is 12.2. The molecule has 1 heterocycles. The molecule has 1 aliphatic rings. The molecule has 2 rings (SSSR count). The zero-order valence-electron chi connectivity index (χ0n) is 11.4. The van der Waals surface area contributed by atoms with Crippen molar-refractivity contribution >= 4 is 11.9 Å². The molecule has 0 fully saturated rings. The number of ether oxygens (including phenoxy) is 1. The lowest BCUT2D eigenvalue weighted by molar-refractivity contribution is -0.151. The van der Waals surface area contributed by atoms with Crippen molar-refractivity contribution in [2.75, 3.05) is 7.05 Å². The second-order valence-corrected chi connectivity index (χ2v) is 4.78. The van der Waals surface area contributed by atoms with Crippen LogP contribution in [0.1, 0.15) is 12.5 Å². The Morgan fingerprint density at radius 1 is 1.40 bits per heavy atom. The summed E-state index contributed by atoms with van der Waals surface area (Å²) in [5, 5.41) is 9.60. The average Bonchev–Trinajstić information content (AvgIpc) is 2.77. The summed E-state index contributed by atoms with van der Waals surface area (Å²) < 4.78 is 4.63. The van der Waals surface area contributed by atoms with E-state index in [1.807, 2.05) is 30.3 Å². The number of aliphatic hydroxyl groups excluding tert-OH is 1. The Hall–Kier alpha value is -2.14. The molecular weight excluding hydrogens is 258 g/mol. The zero-order valence-corrected chi connectivity index (χ0v) is 11.4. The zero-order chi connectivity index (χ0) is 14.7. The van der Waals surface area contributed by atoms with Crippen LogP contribution in [0.3, 0.4) is 0 Å². The summed E-state index contributed by atoms with van der Waals surface area (Å²) in [5.41, 5.74) is 1.32. The number of amides is 1. The van der Waals surface area contributed by atoms with Gasteiger partial charge in [-0.05, 0) is 12.5 Å². The first-order chi connectivity index (χ1) is 9.49. The predicted molar refractivity (Wildman–Crippen MR) is 72.6 cm³/mol. The number of benzene rings is 1. The van der Waals surface area contributed by atoms with Crippen LogP contribution in [0.4, 0.5) is 0 Å². The monoisotopic (exact) mass is 275 g/mol. The summed E-state index contributed by atoms with van der Waals surface area (Å²) in [6.07, 6.45) is 0.256. The molecule has 0 saturated heterocycles. The molecule has 1 aliphatic heterocycles. The number of esters is 1. The molecule has 0 aromatic heterocycles. The van der Waals surface area contributed by atoms with E-state index in [2.05, 4.69) is 4.74 Å². The van der Waals surface area contributed by atoms with Gasteiger partial charge in [0.25, 0.3) is 0 Å². The minimum atomic E-state index is -1.26. The molecule has 0 radical (unpaired) electrons. The van der Waals surface area contributed by atoms with E-state index in [0.29, 0.717) is 5.57 Å². The van der Waals surface area contributed by atoms with E-state index in [-0.39, 0.29) is 12.3 Å². The second-order valence-electron chi connectivity index (χ2n) is 4.78. The Labute approximate surface area is 117 Å². The normalized spacial score (nSPS) is 19.2. The summed E-state index contributed by atoms with van der Waals surface area (Å²) in [5.74, 6) is -0.667. The molecule has 20 heavy (non-hydrogen) atoms. The standard InChI is InChI=1S/C15H17NO4/c1-10(12-9-14(18)20-15(12)19)16(2)13(17)8-11-6-4-3-5-7-11/h3-7,9-10,15,19H,8H2,1-2H3. The summed E-state index contributed by atoms with van der Waals surface area (Å²) in [6.45, 7) is 1.75. The van der Waals surface area contributed by atoms with Gasteiger partial charge in [-0.15, -0.1) is 0 Å². The topological polar surface area (TPSA) is 66.8 Å². The third-order valence-electron chi connectivity index (χ3n) is 3.45. The van der Waals surface area contributed by atoms with Gasteiger partial charge >= 0.3 is 5.97 Å². The van der Waals surface area contributed by atoms with Gasteiger partial charge in [0.2, 0.25) is 12.2 Å². The van der Waals surface area contributed by atoms with E-state index >= 15 is 0 Å². The number of hydrogen-bond acceptors (Lipinski definition) is 4. The fourth-order valence-electron chi connectivity index (χ4n) is 2.08. The smallest absolute Gasteiger partial charge is 0.333 e. The lowest BCUT2D eigenvalue weighted by Crippen LogP contribution is -2.39. The summed E-state index contributed by atoms with van der Waals surface area (Å²) in [4.78, 5) is 24.8. The molecule has 5 heteroatoms. The van der Waals surface area contributed by atoms with E-state index in [1.165, 1.54) is 11.0 Å². The maximum atomic E-state index is 12.2. The van der Waals surface area contributed by atoms with Crippen LogP contribution < -0.4 is 0 Å². The van der Waals surface area contributed by atoms with Crippen LogP contribution in [-0.2, 0) is 20.7 Å². The Morgan fingerprint density at radius 2 is 2.05 bits per heavy atom. The van der Waals surface area contributed by atoms with E-state index in [9.17, 15) is 14.7 Å². The number of aliphatic hydroxyl groups is 1. The lowest BCUT2D eigenvalue weighted by Gasteiger charge is -2.26. The highest BCUT2D eigenvalue weighted by molar-refractivity contribution is 5.86. The minimum Gasteiger partial charge on any atom is -0.429 e. The van der Waals surface area contributed by atoms with Crippen molar-refractivity contribution in [1.82, 2.24) is 4.90 Å². The van der Waals surface area contributed by atoms with Crippen molar-refractivity contribution in [1.29, 1.82) is 0 Å². The van der Waals surface area contributed by atoms with Gasteiger partial charge < -0.3 is 14.7 Å². The van der Waals surface area contributed by atoms with Crippen molar-refractivity contribution in [2.24, 2.45) is 0 Å². The van der Waals surface area contributed by atoms with E-state index < -0.39 is 18.3 Å². The second kappa shape index (κ2) is 5.88. The Bertz CT molecular complexity index is 538. The van der Waals surface area contributed by atoms with E-state index in [0.717, 1.165) is 5.56 Å². The number of nitrogens with zero attached hydrogens (tertiary/aromatic N) is 1. The molecule has 0 spiro atoms. The largest absolute Gasteiger partial charge is 0.429 e. The number of carbonyl (C=O) groups excluding carboxylic acids is 2. The number of likely N-dealkylation sites (N-methyl/N-ethyl adjacent to an activating group) is 1. The molecular formula is C15H17NO4. The number of cyclic esters (lactones) is 1. The molecule has 2 unspecified atom stereocenters. The van der Waals surface area contributed by atoms with Gasteiger partial charge in [-0.1, -0.05) is 30.3 Å². The number of hydrogen-bond donors (Lipinski definition) is 1. The van der Waals surface area contributed by atoms with Crippen molar-refractivity contribution < 1.29 is 19.4 Å². The molecule has 1 N–H and O–H groups in total. The van der Waals surface area contributed by atoms with Crippen LogP contribution in [0.5, 0.6) is 0 Å². The van der Waals surface area contributed by atoms with Gasteiger partial charge in [0.1, 0.15) is 0 Å². The van der Waals surface area contributed by atoms with Crippen molar-refractivity contribution in [2.45, 2.75) is 25.7 Å². The van der Waals surface area contributed by atoms with Crippen molar-refractivity contribution in [3.63, 3.8) is 0 Å². The fourth-order valence-corrected chi connectivity index (χ4v) is 2.08. The molecule has 106 valence electrons. The molecule has 0 saturated carbocycles. The predicted octanol–water partition coefficient (Wildman–Crippen LogP) is 0.878. The maximum Gasteiger partial charge on any atom is 0.333 e. The molecule has 1 amide bonds. The Balaban J connectivity index is 2.03. The van der Waals surface area contributed by atoms with Crippen LogP contribution in [0.25, 0.3) is 0 Å². The summed E-state index contributed by atoms with van der Waals surface area (Å²) >= 11 is 0. The Morgan fingerprint density at radius 3 is 2.60 bits per heavy atom. The lowest BCUT2D eigenvalue weighted by atomic mass is 10.1. The Kier molecular flexibility index (Phi) is 4.20. The van der Waals surface area contributed by atoms with Crippen LogP contribution in [0, 0.1) is 0 Å². The number of rotatable bonds is 4. The van der Waals surface area contributed by atoms with Gasteiger partial charge in [0.05, 0.1) is 12.5 Å². The fraction of sp³-hybridized carbons (Fsp3) is 0.333. The van der Waals surface area contributed by atoms with Crippen LogP contribution >= 0.6 is 0 Å². The third kappa shape index (κ3) is 3.05. The average molecular weight is 275 g/mol. The molecule has 2 atom stereocenters. The summed E-state index contributed by atoms with van der Waals surface area (Å²) in [6, 6.07) is 9.01. The van der Waals surface area contributed by atoms with Gasteiger partial charge in [-0.25, -0.2) is 4.79 Å². The van der Waals surface area contributed by atoms with Crippen molar-refractivity contribution in [3.8, 4) is 0 Å². The van der Waals surface area contributed by atoms with E-state index in [1.54, 1.807) is 14.0 Å². The van der Waals surface area contributed by atoms with Crippen molar-refractivity contribution in [3.05, 3.63) is 47.5 Å². The van der Waals surface area contributed by atoms with Gasteiger partial charge in [-0.3, -0.25) is 4.79 Å². The first-order valence-electron chi connectivity index (χ1n) is 6.39. The van der Waals surface area contributed by atoms with Gasteiger partial charge in [0.15, 0.2) is 0 Å². The first kappa shape index (κ1) is 14.3. The molecule has 1 aromatic rings. The molecule has 0 aliphatic carbocycles. The van der Waals surface area contributed by atoms with Crippen LogP contribution in [-0.4, -0.2) is 41.3 Å². The highest BCUT2D eigenvalue weighted by atomic mass is 16.6. The molecule has 1 aromatic carbocycles. The molecule has 5 nitrogen and oxygen atoms in total. The minimum absolute atomic E-state index is 0.0869.